The summed E-state index contributed by atoms with van der Waals surface area (Å²) in [4.78, 5) is 23.5. The Morgan fingerprint density at radius 1 is 1.21 bits per heavy atom. The number of amides is 1. The van der Waals surface area contributed by atoms with Crippen molar-refractivity contribution in [1.82, 2.24) is 0 Å². The molecule has 1 amide bonds. The van der Waals surface area contributed by atoms with Gasteiger partial charge in [-0.05, 0) is 37.0 Å². The zero-order valence-electron chi connectivity index (χ0n) is 13.4. The van der Waals surface area contributed by atoms with E-state index in [0.717, 1.165) is 5.56 Å². The Bertz CT molecular complexity index is 748. The van der Waals surface area contributed by atoms with Crippen LogP contribution in [-0.2, 0) is 4.79 Å². The van der Waals surface area contributed by atoms with Gasteiger partial charge < -0.3 is 20.1 Å². The third-order valence-corrected chi connectivity index (χ3v) is 3.57. The van der Waals surface area contributed by atoms with Gasteiger partial charge in [-0.2, -0.15) is 0 Å². The topological polar surface area (TPSA) is 95.9 Å². The molecule has 0 spiro atoms. The summed E-state index contributed by atoms with van der Waals surface area (Å²) in [6, 6.07) is 11.7. The van der Waals surface area contributed by atoms with Crippen LogP contribution < -0.4 is 15.5 Å². The quantitative estimate of drug-likeness (QED) is 0.541. The molecular weight excluding hydrogens is 309 g/mol. The summed E-state index contributed by atoms with van der Waals surface area (Å²) < 4.78 is 5.54. The molecule has 2 aromatic carbocycles. The van der Waals surface area contributed by atoms with Crippen molar-refractivity contribution in [3.05, 3.63) is 53.6 Å². The maximum atomic E-state index is 12.3. The summed E-state index contributed by atoms with van der Waals surface area (Å²) in [5, 5.41) is 21.3. The Kier molecular flexibility index (Phi) is 5.73. The van der Waals surface area contributed by atoms with E-state index in [1.54, 1.807) is 13.0 Å². The van der Waals surface area contributed by atoms with Gasteiger partial charge in [-0.25, -0.2) is 0 Å². The summed E-state index contributed by atoms with van der Waals surface area (Å²) >= 11 is 0. The van der Waals surface area contributed by atoms with Crippen molar-refractivity contribution in [2.24, 2.45) is 0 Å². The van der Waals surface area contributed by atoms with E-state index in [2.05, 4.69) is 5.32 Å². The van der Waals surface area contributed by atoms with Crippen LogP contribution in [0.15, 0.2) is 42.5 Å². The first-order valence-electron chi connectivity index (χ1n) is 7.41. The van der Waals surface area contributed by atoms with Crippen LogP contribution in [0.3, 0.4) is 0 Å². The Morgan fingerprint density at radius 3 is 2.54 bits per heavy atom. The van der Waals surface area contributed by atoms with Gasteiger partial charge in [0, 0.05) is 5.69 Å². The molecule has 3 N–H and O–H groups in total. The highest BCUT2D eigenvalue weighted by Crippen LogP contribution is 2.18. The number of carbonyl (C=O) groups excluding carboxylic acids is 2. The Labute approximate surface area is 140 Å². The number of ether oxygens (including phenoxy) is 1. The Morgan fingerprint density at radius 2 is 1.92 bits per heavy atom. The lowest BCUT2D eigenvalue weighted by Crippen LogP contribution is -2.35. The Hall–Kier alpha value is -2.64. The van der Waals surface area contributed by atoms with E-state index in [4.69, 9.17) is 4.74 Å². The lowest BCUT2D eigenvalue weighted by Gasteiger charge is -2.18. The van der Waals surface area contributed by atoms with Crippen molar-refractivity contribution in [2.75, 3.05) is 5.32 Å². The molecule has 0 aliphatic carbocycles. The molecule has 1 unspecified atom stereocenters. The van der Waals surface area contributed by atoms with E-state index < -0.39 is 13.2 Å². The van der Waals surface area contributed by atoms with Crippen molar-refractivity contribution in [3.63, 3.8) is 0 Å². The van der Waals surface area contributed by atoms with E-state index in [1.807, 2.05) is 25.1 Å². The van der Waals surface area contributed by atoms with E-state index in [-0.39, 0.29) is 22.7 Å². The van der Waals surface area contributed by atoms with E-state index in [9.17, 15) is 19.6 Å². The molecule has 0 saturated heterocycles. The smallest absolute Gasteiger partial charge is 0.480 e. The number of hydrogen-bond acceptors (Lipinski definition) is 5. The van der Waals surface area contributed by atoms with Crippen LogP contribution in [-0.4, -0.2) is 35.5 Å². The molecule has 0 aliphatic rings. The molecule has 7 heteroatoms. The molecule has 0 aromatic heterocycles. The second-order valence-corrected chi connectivity index (χ2v) is 5.31. The normalized spacial score (nSPS) is 11.5. The maximum absolute atomic E-state index is 12.3. The maximum Gasteiger partial charge on any atom is 0.489 e. The van der Waals surface area contributed by atoms with Crippen LogP contribution in [0.25, 0.3) is 0 Å². The summed E-state index contributed by atoms with van der Waals surface area (Å²) in [6.07, 6.45) is -0.412. The fourth-order valence-electron chi connectivity index (χ4n) is 2.21. The number of anilines is 1. The minimum absolute atomic E-state index is 0.00282. The summed E-state index contributed by atoms with van der Waals surface area (Å²) in [6.45, 7) is 3.42. The molecule has 2 aromatic rings. The van der Waals surface area contributed by atoms with E-state index >= 15 is 0 Å². The van der Waals surface area contributed by atoms with Crippen molar-refractivity contribution < 1.29 is 24.4 Å². The first kappa shape index (κ1) is 17.7. The number of hydrogen-bond donors (Lipinski definition) is 3. The van der Waals surface area contributed by atoms with Gasteiger partial charge in [0.2, 0.25) is 0 Å². The first-order chi connectivity index (χ1) is 11.4. The first-order valence-corrected chi connectivity index (χ1v) is 7.41. The Balaban J connectivity index is 2.16. The van der Waals surface area contributed by atoms with Gasteiger partial charge in [0.15, 0.2) is 12.4 Å². The molecule has 124 valence electrons. The van der Waals surface area contributed by atoms with Crippen LogP contribution in [0.2, 0.25) is 0 Å². The molecule has 0 fully saturated rings. The van der Waals surface area contributed by atoms with E-state index in [1.165, 1.54) is 18.2 Å². The zero-order valence-corrected chi connectivity index (χ0v) is 13.4. The standard InChI is InChI=1S/C17H18BNO5/c1-11-6-3-4-8-15(11)19-17(21)12(2)24-16-9-5-7-14(18(22)23)13(16)10-20/h3-10,12,22-23H,1-2H3,(H,19,21). The van der Waals surface area contributed by atoms with Crippen molar-refractivity contribution >= 4 is 30.5 Å². The number of aryl methyl sites for hydroxylation is 1. The van der Waals surface area contributed by atoms with Crippen LogP contribution >= 0.6 is 0 Å². The second kappa shape index (κ2) is 7.76. The van der Waals surface area contributed by atoms with Crippen LogP contribution in [0.1, 0.15) is 22.8 Å². The predicted molar refractivity (Wildman–Crippen MR) is 91.6 cm³/mol. The number of nitrogens with one attached hydrogen (secondary N) is 1. The third-order valence-electron chi connectivity index (χ3n) is 3.57. The highest BCUT2D eigenvalue weighted by Gasteiger charge is 2.22. The minimum atomic E-state index is -1.80. The summed E-state index contributed by atoms with van der Waals surface area (Å²) in [5.41, 5.74) is 1.61. The molecular formula is C17H18BNO5. The molecule has 0 aliphatic heterocycles. The number of rotatable bonds is 6. The molecule has 6 nitrogen and oxygen atoms in total. The average Bonchev–Trinajstić information content (AvgIpc) is 2.56. The molecule has 0 radical (unpaired) electrons. The zero-order chi connectivity index (χ0) is 17.7. The lowest BCUT2D eigenvalue weighted by molar-refractivity contribution is -0.122. The lowest BCUT2D eigenvalue weighted by atomic mass is 9.77. The second-order valence-electron chi connectivity index (χ2n) is 5.31. The molecule has 2 rings (SSSR count). The van der Waals surface area contributed by atoms with Gasteiger partial charge in [0.05, 0.1) is 5.56 Å². The van der Waals surface area contributed by atoms with Gasteiger partial charge in [-0.1, -0.05) is 30.3 Å². The summed E-state index contributed by atoms with van der Waals surface area (Å²) in [5.74, 6) is -0.265. The highest BCUT2D eigenvalue weighted by atomic mass is 16.5. The molecule has 1 atom stereocenters. The van der Waals surface area contributed by atoms with Gasteiger partial charge in [0.1, 0.15) is 5.75 Å². The number of carbonyl (C=O) groups is 2. The number of aldehydes is 1. The summed E-state index contributed by atoms with van der Waals surface area (Å²) in [7, 11) is -1.80. The fourth-order valence-corrected chi connectivity index (χ4v) is 2.21. The SMILES string of the molecule is Cc1ccccc1NC(=O)C(C)Oc1cccc(B(O)O)c1C=O. The highest BCUT2D eigenvalue weighted by molar-refractivity contribution is 6.60. The van der Waals surface area contributed by atoms with Crippen LogP contribution in [0.4, 0.5) is 5.69 Å². The third kappa shape index (κ3) is 4.01. The number of para-hydroxylation sites is 1. The van der Waals surface area contributed by atoms with Gasteiger partial charge in [-0.3, -0.25) is 9.59 Å². The van der Waals surface area contributed by atoms with E-state index in [0.29, 0.717) is 12.0 Å². The van der Waals surface area contributed by atoms with Crippen molar-refractivity contribution in [2.45, 2.75) is 20.0 Å². The number of benzene rings is 2. The van der Waals surface area contributed by atoms with Crippen molar-refractivity contribution in [3.8, 4) is 5.75 Å². The molecule has 0 saturated carbocycles. The van der Waals surface area contributed by atoms with Gasteiger partial charge in [-0.15, -0.1) is 0 Å². The predicted octanol–water partition coefficient (Wildman–Crippen LogP) is 0.893. The fraction of sp³-hybridized carbons (Fsp3) is 0.176. The monoisotopic (exact) mass is 327 g/mol. The van der Waals surface area contributed by atoms with Gasteiger partial charge >= 0.3 is 7.12 Å². The van der Waals surface area contributed by atoms with Gasteiger partial charge in [0.25, 0.3) is 5.91 Å². The largest absolute Gasteiger partial charge is 0.489 e. The molecule has 24 heavy (non-hydrogen) atoms. The van der Waals surface area contributed by atoms with Crippen LogP contribution in [0.5, 0.6) is 5.75 Å². The minimum Gasteiger partial charge on any atom is -0.480 e. The molecule has 0 heterocycles. The van der Waals surface area contributed by atoms with Crippen molar-refractivity contribution in [1.29, 1.82) is 0 Å². The average molecular weight is 327 g/mol. The van der Waals surface area contributed by atoms with Crippen LogP contribution in [0, 0.1) is 6.92 Å². The molecule has 0 bridgehead atoms.